The molecule has 1 aliphatic heterocycles. The smallest absolute Gasteiger partial charge is 0.417 e. The third-order valence-electron chi connectivity index (χ3n) is 12.1. The number of aryl methyl sites for hydroxylation is 2. The summed E-state index contributed by atoms with van der Waals surface area (Å²) in [6.07, 6.45) is -8.40. The van der Waals surface area contributed by atoms with E-state index in [1.165, 1.54) is 62.3 Å². The van der Waals surface area contributed by atoms with Gasteiger partial charge in [0.2, 0.25) is 11.8 Å². The first-order valence-corrected chi connectivity index (χ1v) is 25.6. The SMILES string of the molecule is CCc1nc(OCCN(C)C)c2cc(N3C(=S)N(c4ccc(C#N)c(C(F)(F)F)c4)C(=O)C3(C)C)cc(F)c2n1.CCc1nc(OCCN(C)C)c2cc(NC(C)(C)C(=O)OC)cc(F)c2n1.N#Cc1ccc(N=C=S)cc1C(F)(F)F. The van der Waals surface area contributed by atoms with Crippen molar-refractivity contribution < 1.29 is 58.9 Å². The van der Waals surface area contributed by atoms with Gasteiger partial charge in [-0.1, -0.05) is 13.8 Å². The maximum atomic E-state index is 15.5. The van der Waals surface area contributed by atoms with Gasteiger partial charge in [0.1, 0.15) is 47.0 Å². The topological polar surface area (TPSA) is 198 Å². The highest BCUT2D eigenvalue weighted by Crippen LogP contribution is 2.42. The second-order valence-electron chi connectivity index (χ2n) is 19.5. The maximum absolute atomic E-state index is 15.5. The second-order valence-corrected chi connectivity index (χ2v) is 20.1. The van der Waals surface area contributed by atoms with Gasteiger partial charge < -0.3 is 34.2 Å². The van der Waals surface area contributed by atoms with Gasteiger partial charge in [-0.05, 0) is 141 Å². The molecule has 0 aliphatic carbocycles. The summed E-state index contributed by atoms with van der Waals surface area (Å²) in [5.41, 5.74) is -4.99. The molecule has 1 amide bonds. The standard InChI is InChI=1S/C27H26F4N6O2S.C19H27FN4O3.C9H3F3N2S/c1-6-21-33-22-18(23(34-21)39-10-9-35(4)5)11-17(13-20(22)28)37-25(40)36(24(38)26(37,2)3)16-8-7-15(14-32)19(12-16)27(29,30)31;1-7-15-21-16-13(17(22-15)27-9-8-24(4)5)10-12(11-14(16)20)23-19(2,3)18(25)26-6;10-9(11,12)8-3-7(14-5-15)2-1-6(8)4-13/h7-8,11-13H,6,9-10H2,1-5H3;10-11,23H,7-9H2,1-6H3;1-3H. The minimum absolute atomic E-state index is 0.0244. The Morgan fingerprint density at radius 2 is 1.23 bits per heavy atom. The number of carbonyl (C=O) groups excluding carboxylic acids is 2. The van der Waals surface area contributed by atoms with E-state index in [-0.39, 0.29) is 51.1 Å². The fourth-order valence-electron chi connectivity index (χ4n) is 7.90. The van der Waals surface area contributed by atoms with Crippen LogP contribution in [0.15, 0.2) is 65.7 Å². The van der Waals surface area contributed by atoms with E-state index >= 15 is 4.39 Å². The summed E-state index contributed by atoms with van der Waals surface area (Å²) in [4.78, 5) is 52.5. The number of rotatable bonds is 16. The Balaban J connectivity index is 0.000000252. The first-order chi connectivity index (χ1) is 38.4. The summed E-state index contributed by atoms with van der Waals surface area (Å²) >= 11 is 9.85. The number of nitrogens with zero attached hydrogens (tertiary/aromatic N) is 11. The number of anilines is 3. The number of aromatic nitrogens is 4. The zero-order valence-electron chi connectivity index (χ0n) is 46.3. The average Bonchev–Trinajstić information content (AvgIpc) is 3.87. The minimum atomic E-state index is -4.83. The van der Waals surface area contributed by atoms with Crippen LogP contribution in [0.3, 0.4) is 0 Å². The number of ether oxygens (including phenoxy) is 3. The van der Waals surface area contributed by atoms with Gasteiger partial charge in [-0.2, -0.15) is 51.8 Å². The zero-order valence-corrected chi connectivity index (χ0v) is 47.9. The van der Waals surface area contributed by atoms with Crippen LogP contribution in [0, 0.1) is 34.3 Å². The largest absolute Gasteiger partial charge is 0.476 e. The molecular weight excluding hydrogens is 1120 g/mol. The number of hydrogen-bond donors (Lipinski definition) is 1. The average molecular weight is 1180 g/mol. The molecule has 1 fully saturated rings. The van der Waals surface area contributed by atoms with Crippen molar-refractivity contribution in [3.63, 3.8) is 0 Å². The Morgan fingerprint density at radius 3 is 1.70 bits per heavy atom. The summed E-state index contributed by atoms with van der Waals surface area (Å²) < 4.78 is 125. The van der Waals surface area contributed by atoms with Gasteiger partial charge in [0, 0.05) is 37.3 Å². The zero-order chi connectivity index (χ0) is 61.2. The van der Waals surface area contributed by atoms with Crippen LogP contribution in [0.1, 0.15) is 75.4 Å². The van der Waals surface area contributed by atoms with E-state index in [9.17, 15) is 40.3 Å². The Hall–Kier alpha value is -8.07. The van der Waals surface area contributed by atoms with Gasteiger partial charge >= 0.3 is 18.3 Å². The third kappa shape index (κ3) is 15.3. The molecule has 82 heavy (non-hydrogen) atoms. The predicted molar refractivity (Wildman–Crippen MR) is 299 cm³/mol. The molecule has 6 aromatic rings. The lowest BCUT2D eigenvalue weighted by atomic mass is 10.0. The molecule has 434 valence electrons. The molecule has 2 aromatic heterocycles. The molecule has 17 nitrogen and oxygen atoms in total. The minimum Gasteiger partial charge on any atom is -0.476 e. The highest BCUT2D eigenvalue weighted by Gasteiger charge is 2.51. The number of amides is 1. The van der Waals surface area contributed by atoms with Gasteiger partial charge in [0.25, 0.3) is 5.91 Å². The molecule has 3 heterocycles. The highest BCUT2D eigenvalue weighted by atomic mass is 32.1. The third-order valence-corrected chi connectivity index (χ3v) is 12.5. The Bertz CT molecular complexity index is 3520. The Labute approximate surface area is 478 Å². The summed E-state index contributed by atoms with van der Waals surface area (Å²) in [6, 6.07) is 14.7. The second kappa shape index (κ2) is 26.7. The molecule has 27 heteroatoms. The monoisotopic (exact) mass is 1180 g/mol. The van der Waals surface area contributed by atoms with Gasteiger partial charge in [-0.15, -0.1) is 0 Å². The summed E-state index contributed by atoms with van der Waals surface area (Å²) in [5.74, 6) is -0.904. The summed E-state index contributed by atoms with van der Waals surface area (Å²) in [6.45, 7) is 12.1. The lowest BCUT2D eigenvalue weighted by molar-refractivity contribution is -0.144. The lowest BCUT2D eigenvalue weighted by Crippen LogP contribution is -2.44. The van der Waals surface area contributed by atoms with Crippen LogP contribution in [-0.2, 0) is 39.5 Å². The number of methoxy groups -OCH3 is 1. The van der Waals surface area contributed by atoms with Crippen LogP contribution in [0.5, 0.6) is 11.8 Å². The fourth-order valence-corrected chi connectivity index (χ4v) is 8.53. The molecule has 0 bridgehead atoms. The van der Waals surface area contributed by atoms with E-state index in [0.717, 1.165) is 23.1 Å². The number of benzene rings is 4. The van der Waals surface area contributed by atoms with Crippen LogP contribution >= 0.6 is 24.4 Å². The molecule has 1 saturated heterocycles. The fraction of sp³-hybridized carbons (Fsp3) is 0.382. The highest BCUT2D eigenvalue weighted by molar-refractivity contribution is 7.81. The first kappa shape index (κ1) is 64.7. The van der Waals surface area contributed by atoms with Crippen molar-refractivity contribution in [3.05, 3.63) is 106 Å². The first-order valence-electron chi connectivity index (χ1n) is 24.8. The molecule has 4 aromatic carbocycles. The number of likely N-dealkylation sites (N-methyl/N-ethyl adjacent to an activating group) is 2. The number of alkyl halides is 6. The van der Waals surface area contributed by atoms with E-state index in [0.29, 0.717) is 67.2 Å². The Morgan fingerprint density at radius 1 is 0.744 bits per heavy atom. The van der Waals surface area contributed by atoms with Gasteiger partial charge in [-0.25, -0.2) is 23.5 Å². The molecule has 1 aliphatic rings. The van der Waals surface area contributed by atoms with Crippen LogP contribution in [0.4, 0.5) is 57.9 Å². The summed E-state index contributed by atoms with van der Waals surface area (Å²) in [5, 5.41) is 23.1. The molecule has 7 rings (SSSR count). The predicted octanol–water partition coefficient (Wildman–Crippen LogP) is 11.0. The van der Waals surface area contributed by atoms with E-state index in [1.807, 2.05) is 57.0 Å². The van der Waals surface area contributed by atoms with Crippen LogP contribution in [0.2, 0.25) is 0 Å². The number of hydrogen-bond acceptors (Lipinski definition) is 17. The number of fused-ring (bicyclic) bond motifs is 2. The van der Waals surface area contributed by atoms with E-state index in [1.54, 1.807) is 26.0 Å². The van der Waals surface area contributed by atoms with Crippen molar-refractivity contribution >= 4 is 91.1 Å². The molecule has 0 saturated carbocycles. The number of carbonyl (C=O) groups is 2. The summed E-state index contributed by atoms with van der Waals surface area (Å²) in [7, 11) is 8.94. The molecule has 0 atom stereocenters. The van der Waals surface area contributed by atoms with E-state index in [4.69, 9.17) is 37.0 Å². The van der Waals surface area contributed by atoms with Crippen molar-refractivity contribution in [2.75, 3.05) is 76.7 Å². The normalized spacial score (nSPS) is 13.2. The van der Waals surface area contributed by atoms with Gasteiger partial charge in [0.15, 0.2) is 16.7 Å². The van der Waals surface area contributed by atoms with E-state index < -0.39 is 69.2 Å². The molecule has 0 radical (unpaired) electrons. The number of nitriles is 2. The number of isothiocyanates is 1. The van der Waals surface area contributed by atoms with Crippen molar-refractivity contribution in [1.82, 2.24) is 29.7 Å². The number of thiocarbonyl (C=S) groups is 2. The van der Waals surface area contributed by atoms with Crippen LogP contribution in [0.25, 0.3) is 21.8 Å². The van der Waals surface area contributed by atoms with Crippen LogP contribution in [-0.4, -0.2) is 125 Å². The number of halogens is 8. The van der Waals surface area contributed by atoms with Gasteiger partial charge in [0.05, 0.1) is 68.8 Å². The maximum Gasteiger partial charge on any atom is 0.417 e. The van der Waals surface area contributed by atoms with Crippen LogP contribution < -0.4 is 24.6 Å². The van der Waals surface area contributed by atoms with E-state index in [2.05, 4.69) is 42.5 Å². The quantitative estimate of drug-likeness (QED) is 0.0415. The molecule has 0 spiro atoms. The number of nitrogens with one attached hydrogen (secondary N) is 1. The molecule has 1 N–H and O–H groups in total. The van der Waals surface area contributed by atoms with Gasteiger partial charge in [-0.3, -0.25) is 9.69 Å². The number of esters is 1. The van der Waals surface area contributed by atoms with Crippen molar-refractivity contribution in [1.29, 1.82) is 10.5 Å². The molecule has 0 unspecified atom stereocenters. The molecular formula is C55H56F8N12O5S2. The Kier molecular flexibility index (Phi) is 21.1. The van der Waals surface area contributed by atoms with Crippen molar-refractivity contribution in [2.45, 2.75) is 77.8 Å². The lowest BCUT2D eigenvalue weighted by Gasteiger charge is -2.29. The number of aliphatic imine (C=N–C) groups is 1. The van der Waals surface area contributed by atoms with Crippen molar-refractivity contribution in [2.24, 2.45) is 4.99 Å². The van der Waals surface area contributed by atoms with Crippen molar-refractivity contribution in [3.8, 4) is 23.9 Å².